The van der Waals surface area contributed by atoms with E-state index in [1.54, 1.807) is 0 Å². The van der Waals surface area contributed by atoms with Gasteiger partial charge in [-0.25, -0.2) is 24.3 Å². The van der Waals surface area contributed by atoms with Gasteiger partial charge in [0.25, 0.3) is 0 Å². The molecule has 0 aliphatic rings. The van der Waals surface area contributed by atoms with Crippen LogP contribution < -0.4 is 5.69 Å². The molecule has 0 saturated heterocycles. The summed E-state index contributed by atoms with van der Waals surface area (Å²) in [7, 11) is 0. The fraction of sp³-hybridized carbons (Fsp3) is 0.125. The first kappa shape index (κ1) is 16.1. The second-order valence-electron chi connectivity index (χ2n) is 5.55. The molecule has 26 heavy (non-hydrogen) atoms. The fourth-order valence-electron chi connectivity index (χ4n) is 2.67. The van der Waals surface area contributed by atoms with Gasteiger partial charge in [0.05, 0.1) is 5.69 Å². The largest absolute Gasteiger partial charge is 0.490 e. The number of hydrogen-bond donors (Lipinski definition) is 2. The molecule has 0 bridgehead atoms. The molecule has 132 valence electrons. The number of imidazole rings is 2. The van der Waals surface area contributed by atoms with Crippen LogP contribution in [0.5, 0.6) is 0 Å². The fourth-order valence-corrected chi connectivity index (χ4v) is 2.67. The summed E-state index contributed by atoms with van der Waals surface area (Å²) in [5.74, 6) is -0.670. The van der Waals surface area contributed by atoms with Crippen molar-refractivity contribution in [2.75, 3.05) is 0 Å². The van der Waals surface area contributed by atoms with E-state index < -0.39 is 17.8 Å². The zero-order chi connectivity index (χ0) is 18.3. The minimum atomic E-state index is -4.66. The molecule has 1 aromatic carbocycles. The molecule has 3 aromatic heterocycles. The lowest BCUT2D eigenvalue weighted by Crippen LogP contribution is -2.17. The summed E-state index contributed by atoms with van der Waals surface area (Å²) < 4.78 is 39.4. The number of H-pyrrole nitrogens is 2. The molecule has 2 N–H and O–H groups in total. The molecule has 0 spiro atoms. The average molecular weight is 360 g/mol. The predicted molar refractivity (Wildman–Crippen MR) is 86.3 cm³/mol. The maximum Gasteiger partial charge on any atom is 0.490 e. The van der Waals surface area contributed by atoms with E-state index in [0.717, 1.165) is 18.0 Å². The Labute approximate surface area is 143 Å². The summed E-state index contributed by atoms with van der Waals surface area (Å²) in [6.45, 7) is 0. The minimum Gasteiger partial charge on any atom is -0.303 e. The summed E-state index contributed by atoms with van der Waals surface area (Å²) in [5.41, 5.74) is 1.25. The molecule has 0 aliphatic carbocycles. The topological polar surface area (TPSA) is 92.2 Å². The number of aromatic amines is 2. The number of nitrogens with one attached hydrogen (secondary N) is 2. The molecule has 0 radical (unpaired) electrons. The van der Waals surface area contributed by atoms with Gasteiger partial charge in [-0.15, -0.1) is 13.2 Å². The zero-order valence-corrected chi connectivity index (χ0v) is 13.1. The zero-order valence-electron chi connectivity index (χ0n) is 13.1. The van der Waals surface area contributed by atoms with Crippen molar-refractivity contribution in [2.45, 2.75) is 12.7 Å². The summed E-state index contributed by atoms with van der Waals surface area (Å²) in [5, 5.41) is 0. The van der Waals surface area contributed by atoms with Gasteiger partial charge in [0.1, 0.15) is 5.52 Å². The molecule has 0 saturated carbocycles. The Balaban J connectivity index is 1.90. The van der Waals surface area contributed by atoms with Crippen LogP contribution in [0.2, 0.25) is 0 Å². The van der Waals surface area contributed by atoms with Crippen molar-refractivity contribution >= 4 is 11.2 Å². The van der Waals surface area contributed by atoms with E-state index in [-0.39, 0.29) is 16.0 Å². The van der Waals surface area contributed by atoms with Gasteiger partial charge in [0.15, 0.2) is 17.3 Å². The number of benzene rings is 1. The third-order valence-corrected chi connectivity index (χ3v) is 3.78. The van der Waals surface area contributed by atoms with E-state index in [1.807, 2.05) is 30.3 Å². The van der Waals surface area contributed by atoms with Gasteiger partial charge in [-0.05, 0) is 5.56 Å². The summed E-state index contributed by atoms with van der Waals surface area (Å²) in [6.07, 6.45) is -2.53. The van der Waals surface area contributed by atoms with Crippen LogP contribution in [-0.4, -0.2) is 29.5 Å². The molecule has 0 unspecified atom stereocenters. The molecule has 0 amide bonds. The first-order valence-electron chi connectivity index (χ1n) is 7.55. The molecule has 10 heteroatoms. The third kappa shape index (κ3) is 2.85. The van der Waals surface area contributed by atoms with Crippen LogP contribution in [0.25, 0.3) is 22.8 Å². The molecule has 4 rings (SSSR count). The molecule has 7 nitrogen and oxygen atoms in total. The normalized spacial score (nSPS) is 12.0. The van der Waals surface area contributed by atoms with Crippen LogP contribution >= 0.6 is 0 Å². The summed E-state index contributed by atoms with van der Waals surface area (Å²) in [6, 6.07) is 9.24. The van der Waals surface area contributed by atoms with Crippen molar-refractivity contribution in [1.82, 2.24) is 29.5 Å². The van der Waals surface area contributed by atoms with Crippen LogP contribution in [-0.2, 0) is 12.7 Å². The van der Waals surface area contributed by atoms with Crippen molar-refractivity contribution in [3.63, 3.8) is 0 Å². The van der Waals surface area contributed by atoms with Crippen LogP contribution in [0.3, 0.4) is 0 Å². The average Bonchev–Trinajstić information content (AvgIpc) is 3.21. The first-order chi connectivity index (χ1) is 12.4. The highest BCUT2D eigenvalue weighted by atomic mass is 19.4. The molecule has 0 atom stereocenters. The van der Waals surface area contributed by atoms with Crippen LogP contribution in [0.4, 0.5) is 13.2 Å². The third-order valence-electron chi connectivity index (χ3n) is 3.78. The monoisotopic (exact) mass is 360 g/mol. The van der Waals surface area contributed by atoms with Crippen molar-refractivity contribution < 1.29 is 13.2 Å². The standard InChI is InChI=1S/C16H11F3N6O/c17-16(18,19)25-7-6-20-14(25)13-21-10(8-9-4-2-1-3-5-9)11-12(23-13)24-15(26)22-11/h1-7H,8H2,(H2,21,22,23,24,26). The molecular formula is C16H11F3N6O. The lowest BCUT2D eigenvalue weighted by Gasteiger charge is -2.11. The van der Waals surface area contributed by atoms with E-state index >= 15 is 0 Å². The smallest absolute Gasteiger partial charge is 0.303 e. The Kier molecular flexibility index (Phi) is 3.60. The van der Waals surface area contributed by atoms with E-state index in [0.29, 0.717) is 17.6 Å². The second kappa shape index (κ2) is 5.83. The Morgan fingerprint density at radius 3 is 2.58 bits per heavy atom. The maximum absolute atomic E-state index is 13.1. The SMILES string of the molecule is O=c1[nH]c2nc(-c3nccn3C(F)(F)F)nc(Cc3ccccc3)c2[nH]1. The Morgan fingerprint density at radius 2 is 1.85 bits per heavy atom. The van der Waals surface area contributed by atoms with Crippen molar-refractivity contribution in [2.24, 2.45) is 0 Å². The van der Waals surface area contributed by atoms with E-state index in [2.05, 4.69) is 24.9 Å². The van der Waals surface area contributed by atoms with Crippen molar-refractivity contribution in [3.05, 3.63) is 64.5 Å². The van der Waals surface area contributed by atoms with E-state index in [9.17, 15) is 18.0 Å². The lowest BCUT2D eigenvalue weighted by molar-refractivity contribution is -0.202. The summed E-state index contributed by atoms with van der Waals surface area (Å²) in [4.78, 5) is 28.7. The van der Waals surface area contributed by atoms with Crippen LogP contribution in [0.1, 0.15) is 11.3 Å². The molecule has 4 aromatic rings. The van der Waals surface area contributed by atoms with Crippen LogP contribution in [0, 0.1) is 0 Å². The van der Waals surface area contributed by atoms with Gasteiger partial charge in [-0.3, -0.25) is 4.98 Å². The number of aromatic nitrogens is 6. The number of fused-ring (bicyclic) bond motifs is 1. The number of rotatable bonds is 3. The molecule has 3 heterocycles. The Hall–Kier alpha value is -3.43. The highest BCUT2D eigenvalue weighted by Gasteiger charge is 2.34. The van der Waals surface area contributed by atoms with E-state index in [4.69, 9.17) is 0 Å². The van der Waals surface area contributed by atoms with Crippen molar-refractivity contribution in [1.29, 1.82) is 0 Å². The second-order valence-corrected chi connectivity index (χ2v) is 5.55. The van der Waals surface area contributed by atoms with Gasteiger partial charge in [0.2, 0.25) is 0 Å². The van der Waals surface area contributed by atoms with Gasteiger partial charge in [-0.1, -0.05) is 30.3 Å². The highest BCUT2D eigenvalue weighted by Crippen LogP contribution is 2.28. The maximum atomic E-state index is 13.1. The van der Waals surface area contributed by atoms with Gasteiger partial charge in [0, 0.05) is 18.8 Å². The Morgan fingerprint density at radius 1 is 1.08 bits per heavy atom. The molecule has 0 fully saturated rings. The van der Waals surface area contributed by atoms with Crippen LogP contribution in [0.15, 0.2) is 47.5 Å². The Bertz CT molecular complexity index is 1130. The predicted octanol–water partition coefficient (Wildman–Crippen LogP) is 2.58. The quantitative estimate of drug-likeness (QED) is 0.587. The van der Waals surface area contributed by atoms with Crippen molar-refractivity contribution in [3.8, 4) is 11.6 Å². The number of hydrogen-bond acceptors (Lipinski definition) is 4. The number of halogens is 3. The van der Waals surface area contributed by atoms with Gasteiger partial charge in [-0.2, -0.15) is 0 Å². The van der Waals surface area contributed by atoms with Gasteiger partial charge < -0.3 is 4.98 Å². The first-order valence-corrected chi connectivity index (χ1v) is 7.55. The summed E-state index contributed by atoms with van der Waals surface area (Å²) >= 11 is 0. The molecule has 0 aliphatic heterocycles. The molecular weight excluding hydrogens is 349 g/mol. The number of alkyl halides is 3. The van der Waals surface area contributed by atoms with Gasteiger partial charge >= 0.3 is 12.0 Å². The number of nitrogens with zero attached hydrogens (tertiary/aromatic N) is 4. The van der Waals surface area contributed by atoms with E-state index in [1.165, 1.54) is 0 Å². The minimum absolute atomic E-state index is 0.0330. The lowest BCUT2D eigenvalue weighted by atomic mass is 10.1. The highest BCUT2D eigenvalue weighted by molar-refractivity contribution is 5.75.